The van der Waals surface area contributed by atoms with Gasteiger partial charge >= 0.3 is 0 Å². The van der Waals surface area contributed by atoms with Crippen molar-refractivity contribution in [2.75, 3.05) is 19.0 Å². The van der Waals surface area contributed by atoms with Crippen LogP contribution in [0.1, 0.15) is 16.8 Å². The van der Waals surface area contributed by atoms with E-state index in [4.69, 9.17) is 0 Å². The third kappa shape index (κ3) is 3.51. The van der Waals surface area contributed by atoms with Crippen LogP contribution in [0.3, 0.4) is 0 Å². The summed E-state index contributed by atoms with van der Waals surface area (Å²) < 4.78 is 0. The summed E-state index contributed by atoms with van der Waals surface area (Å²) in [5.41, 5.74) is 4.72. The molecule has 100 valence electrons. The summed E-state index contributed by atoms with van der Waals surface area (Å²) >= 11 is 0. The first-order valence-corrected chi connectivity index (χ1v) is 6.41. The Morgan fingerprint density at radius 1 is 1.26 bits per heavy atom. The third-order valence-electron chi connectivity index (χ3n) is 3.05. The summed E-state index contributed by atoms with van der Waals surface area (Å²) in [6.45, 7) is 3.71. The maximum atomic E-state index is 4.37. The van der Waals surface area contributed by atoms with Gasteiger partial charge in [-0.05, 0) is 37.7 Å². The highest BCUT2D eigenvalue weighted by Crippen LogP contribution is 2.21. The van der Waals surface area contributed by atoms with Crippen LogP contribution in [0.15, 0.2) is 36.8 Å². The maximum absolute atomic E-state index is 4.37. The number of nitrogens with one attached hydrogen (secondary N) is 1. The molecule has 19 heavy (non-hydrogen) atoms. The van der Waals surface area contributed by atoms with Crippen molar-refractivity contribution in [2.24, 2.45) is 0 Å². The molecule has 0 aliphatic rings. The minimum absolute atomic E-state index is 0.823. The number of hydrogen-bond acceptors (Lipinski definition) is 4. The number of aromatic nitrogens is 2. The highest BCUT2D eigenvalue weighted by Gasteiger charge is 2.08. The molecule has 0 aliphatic heterocycles. The van der Waals surface area contributed by atoms with Crippen LogP contribution >= 0.6 is 0 Å². The van der Waals surface area contributed by atoms with E-state index < -0.39 is 0 Å². The Kier molecular flexibility index (Phi) is 4.47. The molecule has 2 heterocycles. The summed E-state index contributed by atoms with van der Waals surface area (Å²) in [6, 6.07) is 6.22. The van der Waals surface area contributed by atoms with E-state index in [-0.39, 0.29) is 0 Å². The van der Waals surface area contributed by atoms with Gasteiger partial charge < -0.3 is 10.2 Å². The van der Waals surface area contributed by atoms with Crippen molar-refractivity contribution in [2.45, 2.75) is 20.0 Å². The van der Waals surface area contributed by atoms with Crippen LogP contribution in [-0.4, -0.2) is 24.1 Å². The fourth-order valence-corrected chi connectivity index (χ4v) is 2.10. The van der Waals surface area contributed by atoms with Crippen molar-refractivity contribution < 1.29 is 0 Å². The van der Waals surface area contributed by atoms with Gasteiger partial charge in [-0.1, -0.05) is 0 Å². The Balaban J connectivity index is 2.22. The normalized spacial score (nSPS) is 10.5. The quantitative estimate of drug-likeness (QED) is 0.890. The monoisotopic (exact) mass is 256 g/mol. The van der Waals surface area contributed by atoms with E-state index in [1.165, 1.54) is 16.8 Å². The zero-order chi connectivity index (χ0) is 13.7. The minimum atomic E-state index is 0.823. The van der Waals surface area contributed by atoms with Crippen LogP contribution in [-0.2, 0) is 13.1 Å². The fraction of sp³-hybridized carbons (Fsp3) is 0.333. The maximum Gasteiger partial charge on any atom is 0.0445 e. The number of nitrogens with zero attached hydrogens (tertiary/aromatic N) is 3. The highest BCUT2D eigenvalue weighted by atomic mass is 15.1. The second-order valence-corrected chi connectivity index (χ2v) is 4.70. The average molecular weight is 256 g/mol. The Labute approximate surface area is 114 Å². The SMILES string of the molecule is CNCc1cnc(C)cc1N(C)Cc1ccncc1. The lowest BCUT2D eigenvalue weighted by Crippen LogP contribution is -2.20. The predicted molar refractivity (Wildman–Crippen MR) is 78.1 cm³/mol. The summed E-state index contributed by atoms with van der Waals surface area (Å²) in [4.78, 5) is 10.7. The van der Waals surface area contributed by atoms with Crippen molar-refractivity contribution in [1.29, 1.82) is 0 Å². The lowest BCUT2D eigenvalue weighted by Gasteiger charge is -2.23. The predicted octanol–water partition coefficient (Wildman–Crippen LogP) is 2.14. The zero-order valence-electron chi connectivity index (χ0n) is 11.7. The molecule has 0 atom stereocenters. The molecule has 0 radical (unpaired) electrons. The molecule has 0 unspecified atom stereocenters. The van der Waals surface area contributed by atoms with Crippen molar-refractivity contribution in [3.63, 3.8) is 0 Å². The van der Waals surface area contributed by atoms with Crippen molar-refractivity contribution in [3.8, 4) is 0 Å². The number of anilines is 1. The van der Waals surface area contributed by atoms with E-state index >= 15 is 0 Å². The van der Waals surface area contributed by atoms with E-state index in [1.54, 1.807) is 0 Å². The topological polar surface area (TPSA) is 41.1 Å². The second-order valence-electron chi connectivity index (χ2n) is 4.70. The lowest BCUT2D eigenvalue weighted by atomic mass is 10.1. The molecule has 0 amide bonds. The van der Waals surface area contributed by atoms with Gasteiger partial charge in [0.25, 0.3) is 0 Å². The molecule has 2 rings (SSSR count). The molecular formula is C15H20N4. The molecule has 0 fully saturated rings. The van der Waals surface area contributed by atoms with Crippen LogP contribution in [0.2, 0.25) is 0 Å². The van der Waals surface area contributed by atoms with Gasteiger partial charge in [-0.25, -0.2) is 0 Å². The van der Waals surface area contributed by atoms with Gasteiger partial charge in [0.2, 0.25) is 0 Å². The minimum Gasteiger partial charge on any atom is -0.370 e. The Hall–Kier alpha value is -1.94. The van der Waals surface area contributed by atoms with E-state index in [9.17, 15) is 0 Å². The van der Waals surface area contributed by atoms with Crippen LogP contribution in [0.25, 0.3) is 0 Å². The molecule has 0 saturated heterocycles. The number of rotatable bonds is 5. The van der Waals surface area contributed by atoms with Gasteiger partial charge in [0.05, 0.1) is 0 Å². The summed E-state index contributed by atoms with van der Waals surface area (Å²) in [5, 5.41) is 3.19. The van der Waals surface area contributed by atoms with Gasteiger partial charge in [0, 0.05) is 55.7 Å². The molecule has 0 saturated carbocycles. The first-order chi connectivity index (χ1) is 9.20. The highest BCUT2D eigenvalue weighted by molar-refractivity contribution is 5.53. The Morgan fingerprint density at radius 3 is 2.68 bits per heavy atom. The van der Waals surface area contributed by atoms with Crippen LogP contribution in [0.4, 0.5) is 5.69 Å². The Morgan fingerprint density at radius 2 is 2.00 bits per heavy atom. The molecule has 0 bridgehead atoms. The van der Waals surface area contributed by atoms with Crippen molar-refractivity contribution in [1.82, 2.24) is 15.3 Å². The molecule has 4 heteroatoms. The molecule has 0 spiro atoms. The molecular weight excluding hydrogens is 236 g/mol. The van der Waals surface area contributed by atoms with Gasteiger partial charge in [-0.3, -0.25) is 9.97 Å². The van der Waals surface area contributed by atoms with Crippen LogP contribution in [0.5, 0.6) is 0 Å². The van der Waals surface area contributed by atoms with E-state index in [0.29, 0.717) is 0 Å². The number of hydrogen-bond donors (Lipinski definition) is 1. The standard InChI is InChI=1S/C15H20N4/c1-12-8-15(14(9-16-2)10-18-12)19(3)11-13-4-6-17-7-5-13/h4-8,10,16H,9,11H2,1-3H3. The van der Waals surface area contributed by atoms with E-state index in [1.807, 2.05) is 44.7 Å². The summed E-state index contributed by atoms with van der Waals surface area (Å²) in [7, 11) is 4.06. The largest absolute Gasteiger partial charge is 0.370 e. The fourth-order valence-electron chi connectivity index (χ4n) is 2.10. The third-order valence-corrected chi connectivity index (χ3v) is 3.05. The first kappa shape index (κ1) is 13.5. The van der Waals surface area contributed by atoms with E-state index in [0.717, 1.165) is 18.8 Å². The smallest absolute Gasteiger partial charge is 0.0445 e. The molecule has 2 aromatic rings. The average Bonchev–Trinajstić information content (AvgIpc) is 2.42. The zero-order valence-corrected chi connectivity index (χ0v) is 11.7. The van der Waals surface area contributed by atoms with Gasteiger partial charge in [0.15, 0.2) is 0 Å². The molecule has 0 aliphatic carbocycles. The summed E-state index contributed by atoms with van der Waals surface area (Å²) in [6.07, 6.45) is 5.61. The van der Waals surface area contributed by atoms with Gasteiger partial charge in [-0.2, -0.15) is 0 Å². The molecule has 2 aromatic heterocycles. The van der Waals surface area contributed by atoms with Crippen molar-refractivity contribution >= 4 is 5.69 Å². The lowest BCUT2D eigenvalue weighted by molar-refractivity contribution is 0.798. The van der Waals surface area contributed by atoms with Crippen LogP contribution in [0, 0.1) is 6.92 Å². The first-order valence-electron chi connectivity index (χ1n) is 6.41. The Bertz CT molecular complexity index is 525. The van der Waals surface area contributed by atoms with Gasteiger partial charge in [0.1, 0.15) is 0 Å². The molecule has 4 nitrogen and oxygen atoms in total. The van der Waals surface area contributed by atoms with E-state index in [2.05, 4.69) is 33.3 Å². The van der Waals surface area contributed by atoms with Crippen LogP contribution < -0.4 is 10.2 Å². The number of aryl methyl sites for hydroxylation is 1. The second kappa shape index (κ2) is 6.29. The summed E-state index contributed by atoms with van der Waals surface area (Å²) in [5.74, 6) is 0. The van der Waals surface area contributed by atoms with Crippen molar-refractivity contribution in [3.05, 3.63) is 53.6 Å². The molecule has 1 N–H and O–H groups in total. The molecule has 0 aromatic carbocycles. The number of pyridine rings is 2. The van der Waals surface area contributed by atoms with Gasteiger partial charge in [-0.15, -0.1) is 0 Å².